The lowest BCUT2D eigenvalue weighted by molar-refractivity contribution is -0.714. The summed E-state index contributed by atoms with van der Waals surface area (Å²) in [5.41, 5.74) is 0. The van der Waals surface area contributed by atoms with Crippen LogP contribution in [0.2, 0.25) is 0 Å². The van der Waals surface area contributed by atoms with Gasteiger partial charge < -0.3 is 4.89 Å². The molecule has 1 fully saturated rings. The number of unbranched alkanes of at least 4 members (excludes halogenated alkanes) is 1. The molecule has 0 spiro atoms. The van der Waals surface area contributed by atoms with E-state index in [0.29, 0.717) is 5.76 Å². The molecule has 0 amide bonds. The van der Waals surface area contributed by atoms with E-state index in [9.17, 15) is 0 Å². The Morgan fingerprint density at radius 1 is 1.09 bits per heavy atom. The zero-order valence-electron chi connectivity index (χ0n) is 14.2. The lowest BCUT2D eigenvalue weighted by Crippen LogP contribution is -2.17. The second kappa shape index (κ2) is 13.7. The Kier molecular flexibility index (Phi) is 12.1. The lowest BCUT2D eigenvalue weighted by atomic mass is 9.98. The molecule has 1 saturated carbocycles. The van der Waals surface area contributed by atoms with Crippen molar-refractivity contribution in [3.63, 3.8) is 0 Å². The van der Waals surface area contributed by atoms with Gasteiger partial charge in [0.05, 0.1) is 19.8 Å². The highest BCUT2D eigenvalue weighted by Crippen LogP contribution is 2.20. The number of hydrogen-bond donors (Lipinski definition) is 0. The molecule has 0 heterocycles. The molecule has 0 bridgehead atoms. The van der Waals surface area contributed by atoms with Crippen LogP contribution in [-0.2, 0) is 39.7 Å². The fourth-order valence-corrected chi connectivity index (χ4v) is 2.15. The van der Waals surface area contributed by atoms with Gasteiger partial charge in [0, 0.05) is 5.92 Å². The van der Waals surface area contributed by atoms with Crippen LogP contribution in [0.25, 0.3) is 0 Å². The average Bonchev–Trinajstić information content (AvgIpc) is 2.59. The van der Waals surface area contributed by atoms with Gasteiger partial charge in [-0.15, -0.1) is 0 Å². The molecule has 1 rings (SSSR count). The van der Waals surface area contributed by atoms with Crippen molar-refractivity contribution in [3.05, 3.63) is 11.8 Å². The van der Waals surface area contributed by atoms with E-state index in [1.807, 2.05) is 13.0 Å². The fourth-order valence-electron chi connectivity index (χ4n) is 2.15. The van der Waals surface area contributed by atoms with E-state index in [1.165, 1.54) is 13.5 Å². The molecule has 0 aromatic rings. The zero-order valence-corrected chi connectivity index (χ0v) is 14.2. The third-order valence-corrected chi connectivity index (χ3v) is 3.47. The van der Waals surface area contributed by atoms with Crippen LogP contribution in [0.4, 0.5) is 0 Å². The van der Waals surface area contributed by atoms with Crippen LogP contribution < -0.4 is 0 Å². The van der Waals surface area contributed by atoms with Crippen LogP contribution in [0.15, 0.2) is 11.8 Å². The molecule has 8 heteroatoms. The topological polar surface area (TPSA) is 73.8 Å². The molecule has 136 valence electrons. The van der Waals surface area contributed by atoms with Crippen molar-refractivity contribution in [2.24, 2.45) is 5.92 Å². The highest BCUT2D eigenvalue weighted by Gasteiger charge is 2.16. The second-order valence-corrected chi connectivity index (χ2v) is 5.46. The van der Waals surface area contributed by atoms with E-state index in [0.717, 1.165) is 38.5 Å². The molecule has 0 radical (unpaired) electrons. The van der Waals surface area contributed by atoms with Gasteiger partial charge in [-0.2, -0.15) is 4.89 Å². The minimum absolute atomic E-state index is 0.0504. The molecule has 8 nitrogen and oxygen atoms in total. The molecular weight excluding hydrogens is 308 g/mol. The van der Waals surface area contributed by atoms with Crippen molar-refractivity contribution in [1.29, 1.82) is 0 Å². The molecule has 0 aliphatic heterocycles. The Labute approximate surface area is 137 Å². The van der Waals surface area contributed by atoms with Gasteiger partial charge in [-0.05, 0) is 45.5 Å². The SMILES string of the molecule is CCCC=C(OOOC)C(C)COOOOOC1CCCCC1. The summed E-state index contributed by atoms with van der Waals surface area (Å²) in [6, 6.07) is 0. The zero-order chi connectivity index (χ0) is 16.8. The van der Waals surface area contributed by atoms with Gasteiger partial charge in [0.15, 0.2) is 0 Å². The maximum absolute atomic E-state index is 5.04. The van der Waals surface area contributed by atoms with Crippen molar-refractivity contribution < 1.29 is 39.7 Å². The quantitative estimate of drug-likeness (QED) is 0.217. The summed E-state index contributed by atoms with van der Waals surface area (Å²) in [4.78, 5) is 19.4. The average molecular weight is 336 g/mol. The van der Waals surface area contributed by atoms with Crippen LogP contribution in [0, 0.1) is 5.92 Å². The molecule has 0 aromatic carbocycles. The van der Waals surface area contributed by atoms with Crippen LogP contribution in [0.1, 0.15) is 58.8 Å². The fraction of sp³-hybridized carbons (Fsp3) is 0.867. The van der Waals surface area contributed by atoms with E-state index >= 15 is 0 Å². The van der Waals surface area contributed by atoms with Crippen molar-refractivity contribution in [3.8, 4) is 0 Å². The lowest BCUT2D eigenvalue weighted by Gasteiger charge is -2.18. The summed E-state index contributed by atoms with van der Waals surface area (Å²) >= 11 is 0. The van der Waals surface area contributed by atoms with Crippen LogP contribution in [-0.4, -0.2) is 19.8 Å². The highest BCUT2D eigenvalue weighted by atomic mass is 17.8. The molecule has 1 unspecified atom stereocenters. The first-order chi connectivity index (χ1) is 11.3. The second-order valence-electron chi connectivity index (χ2n) is 5.46. The molecule has 0 N–H and O–H groups in total. The van der Waals surface area contributed by atoms with Gasteiger partial charge in [-0.25, -0.2) is 9.78 Å². The summed E-state index contributed by atoms with van der Waals surface area (Å²) in [5.74, 6) is 0.455. The molecule has 0 saturated heterocycles. The molecule has 23 heavy (non-hydrogen) atoms. The molecule has 1 aliphatic rings. The summed E-state index contributed by atoms with van der Waals surface area (Å²) < 4.78 is 0. The Bertz CT molecular complexity index is 304. The van der Waals surface area contributed by atoms with Crippen molar-refractivity contribution in [2.75, 3.05) is 13.7 Å². The first kappa shape index (κ1) is 20.3. The first-order valence-corrected chi connectivity index (χ1v) is 8.13. The van der Waals surface area contributed by atoms with Crippen molar-refractivity contribution in [2.45, 2.75) is 64.9 Å². The summed E-state index contributed by atoms with van der Waals surface area (Å²) in [5, 5.41) is 17.8. The Balaban J connectivity index is 2.09. The van der Waals surface area contributed by atoms with Gasteiger partial charge in [0.2, 0.25) is 0 Å². The number of allylic oxidation sites excluding steroid dienone is 1. The molecular formula is C15H28O8. The van der Waals surface area contributed by atoms with E-state index in [-0.39, 0.29) is 18.6 Å². The molecule has 1 aliphatic carbocycles. The van der Waals surface area contributed by atoms with Crippen LogP contribution in [0.3, 0.4) is 0 Å². The number of hydrogen-bond acceptors (Lipinski definition) is 8. The standard InChI is InChI=1S/C15H28O8/c1-4-5-11-15(19-20-16-3)13(2)12-17-21-23-22-18-14-9-7-6-8-10-14/h11,13-14H,4-10,12H2,1-3H3. The van der Waals surface area contributed by atoms with E-state index in [4.69, 9.17) is 14.7 Å². The smallest absolute Gasteiger partial charge is 0.147 e. The maximum Gasteiger partial charge on any atom is 0.147 e. The minimum atomic E-state index is -0.125. The highest BCUT2D eigenvalue weighted by molar-refractivity contribution is 4.96. The van der Waals surface area contributed by atoms with E-state index < -0.39 is 0 Å². The Morgan fingerprint density at radius 3 is 2.57 bits per heavy atom. The maximum atomic E-state index is 5.04. The molecule has 0 aromatic heterocycles. The minimum Gasteiger partial charge on any atom is -0.313 e. The Morgan fingerprint density at radius 2 is 1.87 bits per heavy atom. The van der Waals surface area contributed by atoms with Gasteiger partial charge >= 0.3 is 0 Å². The van der Waals surface area contributed by atoms with Crippen LogP contribution >= 0.6 is 0 Å². The van der Waals surface area contributed by atoms with Crippen molar-refractivity contribution >= 4 is 0 Å². The van der Waals surface area contributed by atoms with Gasteiger partial charge in [-0.1, -0.05) is 39.5 Å². The monoisotopic (exact) mass is 336 g/mol. The normalized spacial score (nSPS) is 18.1. The van der Waals surface area contributed by atoms with E-state index in [1.54, 1.807) is 0 Å². The van der Waals surface area contributed by atoms with E-state index in [2.05, 4.69) is 32.0 Å². The summed E-state index contributed by atoms with van der Waals surface area (Å²) in [6.45, 7) is 4.12. The predicted octanol–water partition coefficient (Wildman–Crippen LogP) is 3.89. The summed E-state index contributed by atoms with van der Waals surface area (Å²) in [7, 11) is 1.36. The van der Waals surface area contributed by atoms with Crippen molar-refractivity contribution in [1.82, 2.24) is 0 Å². The van der Waals surface area contributed by atoms with Gasteiger partial charge in [-0.3, -0.25) is 0 Å². The van der Waals surface area contributed by atoms with Gasteiger partial charge in [0.25, 0.3) is 0 Å². The first-order valence-electron chi connectivity index (χ1n) is 8.13. The largest absolute Gasteiger partial charge is 0.313 e. The summed E-state index contributed by atoms with van der Waals surface area (Å²) in [6.07, 6.45) is 9.22. The number of rotatable bonds is 13. The Hall–Kier alpha value is -0.740. The predicted molar refractivity (Wildman–Crippen MR) is 78.5 cm³/mol. The third kappa shape index (κ3) is 9.87. The molecule has 1 atom stereocenters. The van der Waals surface area contributed by atoms with Gasteiger partial charge in [0.1, 0.15) is 5.76 Å². The van der Waals surface area contributed by atoms with Crippen LogP contribution in [0.5, 0.6) is 0 Å². The third-order valence-electron chi connectivity index (χ3n) is 3.47.